The first-order valence-corrected chi connectivity index (χ1v) is 5.18. The number of nitrogen functional groups attached to an aromatic ring is 2. The standard InChI is InChI=1S/2C7H6N2.2ClH.Co.4H2O/c2*8-5-6-3-1-2-4-7(6)9;;;;;;;/h2*1-4H,9H2;2*1H;;4*1H2/q;;;;+2;;;;/p+2. The molecule has 143 valence electrons. The number of anilines is 2. The molecule has 25 heavy (non-hydrogen) atoms. The van der Waals surface area contributed by atoms with Gasteiger partial charge in [-0.2, -0.15) is 10.5 Å². The van der Waals surface area contributed by atoms with Crippen molar-refractivity contribution in [3.63, 3.8) is 0 Å². The first kappa shape index (κ1) is 43.5. The maximum Gasteiger partial charge on any atom is 2.00 e. The van der Waals surface area contributed by atoms with Crippen molar-refractivity contribution in [1.29, 1.82) is 10.5 Å². The third-order valence-electron chi connectivity index (χ3n) is 2.16. The number of para-hydroxylation sites is 2. The minimum atomic E-state index is 0. The normalized spacial score (nSPS) is 6.00. The van der Waals surface area contributed by atoms with Gasteiger partial charge in [0.1, 0.15) is 12.1 Å². The summed E-state index contributed by atoms with van der Waals surface area (Å²) >= 11 is 0. The minimum Gasteiger partial charge on any atom is -1.00 e. The third kappa shape index (κ3) is 15.2. The van der Waals surface area contributed by atoms with E-state index in [0.29, 0.717) is 22.5 Å². The van der Waals surface area contributed by atoms with Gasteiger partial charge in [-0.05, 0) is 24.3 Å². The van der Waals surface area contributed by atoms with Crippen LogP contribution < -0.4 is 36.3 Å². The summed E-state index contributed by atoms with van der Waals surface area (Å²) in [6.07, 6.45) is 0. The van der Waals surface area contributed by atoms with E-state index in [0.717, 1.165) is 0 Å². The minimum absolute atomic E-state index is 0. The van der Waals surface area contributed by atoms with Gasteiger partial charge in [0, 0.05) is 11.4 Å². The van der Waals surface area contributed by atoms with Crippen LogP contribution in [0.15, 0.2) is 48.5 Å². The molecule has 0 spiro atoms. The fraction of sp³-hybridized carbons (Fsp3) is 0. The number of hydrogen-bond acceptors (Lipinski definition) is 4. The first-order valence-electron chi connectivity index (χ1n) is 5.18. The summed E-state index contributed by atoms with van der Waals surface area (Å²) in [6.45, 7) is 0. The van der Waals surface area contributed by atoms with Gasteiger partial charge in [0.05, 0.1) is 11.1 Å². The molecule has 2 aromatic rings. The van der Waals surface area contributed by atoms with E-state index < -0.39 is 0 Å². The molecular weight excluding hydrogens is 418 g/mol. The molecule has 0 bridgehead atoms. The second-order valence-electron chi connectivity index (χ2n) is 3.40. The van der Waals surface area contributed by atoms with Gasteiger partial charge in [0.25, 0.3) is 0 Å². The van der Waals surface area contributed by atoms with Crippen molar-refractivity contribution in [2.45, 2.75) is 0 Å². The molecule has 2 aromatic carbocycles. The molecule has 0 aliphatic heterocycles. The van der Waals surface area contributed by atoms with Gasteiger partial charge in [0.2, 0.25) is 0 Å². The summed E-state index contributed by atoms with van der Waals surface area (Å²) < 4.78 is 0. The molecule has 0 atom stereocenters. The van der Waals surface area contributed by atoms with Crippen LogP contribution in [0.3, 0.4) is 0 Å². The molecule has 0 unspecified atom stereocenters. The van der Waals surface area contributed by atoms with Crippen molar-refractivity contribution in [1.82, 2.24) is 0 Å². The van der Waals surface area contributed by atoms with Gasteiger partial charge < -0.3 is 58.2 Å². The quantitative estimate of drug-likeness (QED) is 0.299. The maximum atomic E-state index is 8.39. The van der Waals surface area contributed by atoms with Crippen molar-refractivity contribution < 1.29 is 63.5 Å². The average molecular weight is 442 g/mol. The van der Waals surface area contributed by atoms with E-state index in [1.807, 2.05) is 12.1 Å². The van der Waals surface area contributed by atoms with E-state index in [2.05, 4.69) is 0 Å². The number of halogens is 2. The Morgan fingerprint density at radius 3 is 1.00 bits per heavy atom. The Kier molecular flexibility index (Phi) is 42.1. The predicted octanol–water partition coefficient (Wildman–Crippen LogP) is -7.40. The van der Waals surface area contributed by atoms with Crippen molar-refractivity contribution >= 4 is 11.4 Å². The van der Waals surface area contributed by atoms with Crippen molar-refractivity contribution in [3.05, 3.63) is 59.7 Å². The molecule has 0 aliphatic carbocycles. The second-order valence-corrected chi connectivity index (χ2v) is 3.40. The second kappa shape index (κ2) is 24.2. The topological polar surface area (TPSA) is 232 Å². The molecule has 16 N–H and O–H groups in total. The fourth-order valence-corrected chi connectivity index (χ4v) is 1.20. The Balaban J connectivity index is -0.0000000405. The van der Waals surface area contributed by atoms with Crippen LogP contribution in [0, 0.1) is 22.7 Å². The van der Waals surface area contributed by atoms with Crippen LogP contribution in [0.25, 0.3) is 0 Å². The summed E-state index contributed by atoms with van der Waals surface area (Å²) in [5.74, 6) is 0. The van der Waals surface area contributed by atoms with Crippen molar-refractivity contribution in [2.24, 2.45) is 0 Å². The summed E-state index contributed by atoms with van der Waals surface area (Å²) in [6, 6.07) is 17.9. The van der Waals surface area contributed by atoms with Crippen LogP contribution in [0.5, 0.6) is 0 Å². The zero-order valence-electron chi connectivity index (χ0n) is 13.1. The number of benzene rings is 2. The zero-order valence-corrected chi connectivity index (χ0v) is 15.6. The molecule has 0 heterocycles. The zero-order chi connectivity index (χ0) is 13.4. The molecule has 0 aliphatic rings. The Labute approximate surface area is 168 Å². The fourth-order valence-electron chi connectivity index (χ4n) is 1.20. The van der Waals surface area contributed by atoms with E-state index in [9.17, 15) is 0 Å². The van der Waals surface area contributed by atoms with E-state index in [1.165, 1.54) is 0 Å². The number of nitrogens with two attached hydrogens (primary N) is 2. The molecule has 11 heteroatoms. The number of nitrogens with zero attached hydrogens (tertiary/aromatic N) is 2. The summed E-state index contributed by atoms with van der Waals surface area (Å²) in [5, 5.41) is 16.8. The van der Waals surface area contributed by atoms with Crippen LogP contribution in [-0.4, -0.2) is 0 Å². The van der Waals surface area contributed by atoms with Crippen molar-refractivity contribution in [3.8, 4) is 12.1 Å². The van der Waals surface area contributed by atoms with Crippen LogP contribution >= 0.6 is 0 Å². The van der Waals surface area contributed by atoms with Gasteiger partial charge in [-0.25, -0.2) is 0 Å². The third-order valence-corrected chi connectivity index (χ3v) is 2.16. The monoisotopic (exact) mass is 441 g/mol. The van der Waals surface area contributed by atoms with E-state index in [1.54, 1.807) is 48.5 Å². The number of nitriles is 2. The molecule has 8 nitrogen and oxygen atoms in total. The molecule has 0 aromatic heterocycles. The van der Waals surface area contributed by atoms with Gasteiger partial charge in [-0.1, -0.05) is 24.3 Å². The van der Waals surface area contributed by atoms with E-state index >= 15 is 0 Å². The van der Waals surface area contributed by atoms with Crippen LogP contribution in [0.2, 0.25) is 0 Å². The van der Waals surface area contributed by atoms with Crippen LogP contribution in [0.4, 0.5) is 11.4 Å². The van der Waals surface area contributed by atoms with Gasteiger partial charge >= 0.3 is 16.8 Å². The molecule has 1 radical (unpaired) electrons. The van der Waals surface area contributed by atoms with Crippen LogP contribution in [0.1, 0.15) is 11.1 Å². The largest absolute Gasteiger partial charge is 2.00 e. The Morgan fingerprint density at radius 1 is 0.600 bits per heavy atom. The molecule has 0 fully saturated rings. The first-order chi connectivity index (χ1) is 8.69. The summed E-state index contributed by atoms with van der Waals surface area (Å²) in [5.41, 5.74) is 13.0. The predicted molar refractivity (Wildman–Crippen MR) is 90.6 cm³/mol. The number of hydrogen-bond donors (Lipinski definition) is 2. The van der Waals surface area contributed by atoms with Gasteiger partial charge in [-0.3, -0.25) is 0 Å². The van der Waals surface area contributed by atoms with E-state index in [4.69, 9.17) is 22.0 Å². The molecule has 0 amide bonds. The molecule has 0 saturated heterocycles. The maximum absolute atomic E-state index is 8.39. The summed E-state index contributed by atoms with van der Waals surface area (Å²) in [7, 11) is 0. The van der Waals surface area contributed by atoms with Gasteiger partial charge in [0.15, 0.2) is 0 Å². The SMILES string of the molecule is N#Cc1ccccc1N.N#Cc1ccccc1N.[Cl-].[Cl-].[Co+2].[OH3+].[OH3+].[OH3+].[OH3+]. The smallest absolute Gasteiger partial charge is 1.00 e. The average Bonchev–Trinajstić information content (AvgIpc) is 2.41. The summed E-state index contributed by atoms with van der Waals surface area (Å²) in [4.78, 5) is 0. The number of rotatable bonds is 0. The molecule has 2 rings (SSSR count). The molecule has 0 saturated carbocycles. The van der Waals surface area contributed by atoms with Crippen molar-refractivity contribution in [2.75, 3.05) is 11.5 Å². The van der Waals surface area contributed by atoms with Gasteiger partial charge in [-0.15, -0.1) is 0 Å². The van der Waals surface area contributed by atoms with Crippen LogP contribution in [-0.2, 0) is 38.7 Å². The Hall–Kier alpha value is -2.05. The Morgan fingerprint density at radius 2 is 0.840 bits per heavy atom. The Bertz CT molecular complexity index is 581. The molecular formula is C14H24Cl2CoN4O4+4. The van der Waals surface area contributed by atoms with E-state index in [-0.39, 0.29) is 63.5 Å².